The Labute approximate surface area is 113 Å². The lowest BCUT2D eigenvalue weighted by Gasteiger charge is -2.23. The zero-order valence-corrected chi connectivity index (χ0v) is 11.1. The Morgan fingerprint density at radius 1 is 1.21 bits per heavy atom. The van der Waals surface area contributed by atoms with Crippen molar-refractivity contribution in [3.63, 3.8) is 0 Å². The van der Waals surface area contributed by atoms with E-state index in [2.05, 4.69) is 10.6 Å². The molecule has 3 rings (SSSR count). The number of para-hydroxylation sites is 1. The van der Waals surface area contributed by atoms with E-state index in [1.54, 1.807) is 0 Å². The van der Waals surface area contributed by atoms with Crippen molar-refractivity contribution in [2.75, 3.05) is 0 Å². The van der Waals surface area contributed by atoms with Crippen molar-refractivity contribution >= 4 is 16.8 Å². The summed E-state index contributed by atoms with van der Waals surface area (Å²) in [5, 5.41) is 1.10. The molecule has 1 aromatic carbocycles. The topological polar surface area (TPSA) is 48.0 Å². The fourth-order valence-electron chi connectivity index (χ4n) is 3.24. The number of amides is 1. The third-order valence-electron chi connectivity index (χ3n) is 4.23. The molecule has 3 nitrogen and oxygen atoms in total. The third-order valence-corrected chi connectivity index (χ3v) is 4.23. The second-order valence-electron chi connectivity index (χ2n) is 5.57. The summed E-state index contributed by atoms with van der Waals surface area (Å²) < 4.78 is 2.12. The molecular weight excluding hydrogens is 236 g/mol. The van der Waals surface area contributed by atoms with E-state index in [0.29, 0.717) is 11.6 Å². The molecule has 1 aliphatic carbocycles. The number of carbonyl (C=O) groups is 1. The van der Waals surface area contributed by atoms with Crippen LogP contribution in [0.5, 0.6) is 0 Å². The molecule has 0 spiro atoms. The molecule has 0 atom stereocenters. The average Bonchev–Trinajstić information content (AvgIpc) is 2.79. The number of hydrogen-bond acceptors (Lipinski definition) is 1. The number of nitrogens with two attached hydrogens (primary N) is 1. The largest absolute Gasteiger partial charge is 0.364 e. The standard InChI is InChI=1S/C16H20N2O/c17-16(19)15-10-13-8-4-5-9-14(13)18(15)11-12-6-2-1-3-7-12/h4-5,8-10,12H,1-3,6-7,11H2,(H2,17,19). The van der Waals surface area contributed by atoms with Crippen LogP contribution in [0, 0.1) is 5.92 Å². The van der Waals surface area contributed by atoms with Gasteiger partial charge in [-0.05, 0) is 30.9 Å². The van der Waals surface area contributed by atoms with Gasteiger partial charge in [0.15, 0.2) is 0 Å². The zero-order chi connectivity index (χ0) is 13.2. The van der Waals surface area contributed by atoms with Crippen LogP contribution < -0.4 is 5.73 Å². The number of fused-ring (bicyclic) bond motifs is 1. The molecule has 0 saturated heterocycles. The highest BCUT2D eigenvalue weighted by Gasteiger charge is 2.18. The highest BCUT2D eigenvalue weighted by atomic mass is 16.1. The first-order valence-electron chi connectivity index (χ1n) is 7.14. The van der Waals surface area contributed by atoms with E-state index in [1.807, 2.05) is 24.3 Å². The van der Waals surface area contributed by atoms with Gasteiger partial charge >= 0.3 is 0 Å². The predicted molar refractivity (Wildman–Crippen MR) is 77.0 cm³/mol. The Bertz CT molecular complexity index is 594. The second-order valence-corrected chi connectivity index (χ2v) is 5.57. The molecule has 3 heteroatoms. The fraction of sp³-hybridized carbons (Fsp3) is 0.438. The zero-order valence-electron chi connectivity index (χ0n) is 11.1. The summed E-state index contributed by atoms with van der Waals surface area (Å²) in [5.74, 6) is 0.356. The normalized spacial score (nSPS) is 16.8. The molecule has 1 saturated carbocycles. The Morgan fingerprint density at radius 3 is 2.68 bits per heavy atom. The molecule has 1 aromatic heterocycles. The van der Waals surface area contributed by atoms with Gasteiger partial charge in [-0.25, -0.2) is 0 Å². The summed E-state index contributed by atoms with van der Waals surface area (Å²) in [5.41, 5.74) is 7.30. The van der Waals surface area contributed by atoms with Crippen molar-refractivity contribution in [3.8, 4) is 0 Å². The van der Waals surface area contributed by atoms with E-state index in [9.17, 15) is 4.79 Å². The summed E-state index contributed by atoms with van der Waals surface area (Å²) in [6.07, 6.45) is 6.52. The summed E-state index contributed by atoms with van der Waals surface area (Å²) >= 11 is 0. The van der Waals surface area contributed by atoms with Gasteiger partial charge in [-0.3, -0.25) is 4.79 Å². The maximum absolute atomic E-state index is 11.6. The van der Waals surface area contributed by atoms with Crippen molar-refractivity contribution in [1.29, 1.82) is 0 Å². The molecule has 100 valence electrons. The van der Waals surface area contributed by atoms with Crippen LogP contribution in [0.3, 0.4) is 0 Å². The lowest BCUT2D eigenvalue weighted by atomic mass is 9.89. The molecule has 0 unspecified atom stereocenters. The quantitative estimate of drug-likeness (QED) is 0.899. The Morgan fingerprint density at radius 2 is 1.95 bits per heavy atom. The van der Waals surface area contributed by atoms with E-state index in [0.717, 1.165) is 17.4 Å². The van der Waals surface area contributed by atoms with Crippen LogP contribution in [0.1, 0.15) is 42.6 Å². The van der Waals surface area contributed by atoms with E-state index in [1.165, 1.54) is 32.1 Å². The lowest BCUT2D eigenvalue weighted by molar-refractivity contribution is 0.0990. The summed E-state index contributed by atoms with van der Waals surface area (Å²) in [6.45, 7) is 0.922. The van der Waals surface area contributed by atoms with Crippen LogP contribution in [0.4, 0.5) is 0 Å². The SMILES string of the molecule is NC(=O)c1cc2ccccc2n1CC1CCCCC1. The second kappa shape index (κ2) is 5.08. The van der Waals surface area contributed by atoms with Gasteiger partial charge in [-0.15, -0.1) is 0 Å². The number of primary amides is 1. The maximum Gasteiger partial charge on any atom is 0.265 e. The minimum Gasteiger partial charge on any atom is -0.364 e. The number of aromatic nitrogens is 1. The smallest absolute Gasteiger partial charge is 0.265 e. The van der Waals surface area contributed by atoms with Crippen molar-refractivity contribution in [1.82, 2.24) is 4.57 Å². The van der Waals surface area contributed by atoms with Crippen LogP contribution in [0.2, 0.25) is 0 Å². The number of nitrogens with zero attached hydrogens (tertiary/aromatic N) is 1. The molecule has 19 heavy (non-hydrogen) atoms. The van der Waals surface area contributed by atoms with E-state index < -0.39 is 0 Å². The first-order valence-corrected chi connectivity index (χ1v) is 7.14. The maximum atomic E-state index is 11.6. The van der Waals surface area contributed by atoms with Gasteiger partial charge in [0.2, 0.25) is 0 Å². The molecule has 2 N–H and O–H groups in total. The minimum atomic E-state index is -0.327. The van der Waals surface area contributed by atoms with Crippen LogP contribution in [-0.2, 0) is 6.54 Å². The van der Waals surface area contributed by atoms with Crippen LogP contribution >= 0.6 is 0 Å². The van der Waals surface area contributed by atoms with Gasteiger partial charge in [0, 0.05) is 17.4 Å². The molecule has 1 amide bonds. The highest BCUT2D eigenvalue weighted by molar-refractivity contribution is 5.97. The summed E-state index contributed by atoms with van der Waals surface area (Å²) in [6, 6.07) is 10.0. The van der Waals surface area contributed by atoms with E-state index in [-0.39, 0.29) is 5.91 Å². The first kappa shape index (κ1) is 12.3. The van der Waals surface area contributed by atoms with Crippen LogP contribution in [0.15, 0.2) is 30.3 Å². The van der Waals surface area contributed by atoms with Crippen LogP contribution in [-0.4, -0.2) is 10.5 Å². The summed E-state index contributed by atoms with van der Waals surface area (Å²) in [7, 11) is 0. The van der Waals surface area contributed by atoms with E-state index >= 15 is 0 Å². The lowest BCUT2D eigenvalue weighted by Crippen LogP contribution is -2.21. The molecule has 0 radical (unpaired) electrons. The van der Waals surface area contributed by atoms with Crippen molar-refractivity contribution in [3.05, 3.63) is 36.0 Å². The molecule has 2 aromatic rings. The van der Waals surface area contributed by atoms with Crippen molar-refractivity contribution in [2.45, 2.75) is 38.6 Å². The van der Waals surface area contributed by atoms with Gasteiger partial charge in [-0.2, -0.15) is 0 Å². The van der Waals surface area contributed by atoms with Crippen LogP contribution in [0.25, 0.3) is 10.9 Å². The molecule has 1 heterocycles. The molecule has 0 aliphatic heterocycles. The van der Waals surface area contributed by atoms with E-state index in [4.69, 9.17) is 5.73 Å². The Balaban J connectivity index is 1.99. The minimum absolute atomic E-state index is 0.327. The molecule has 1 fully saturated rings. The Kier molecular flexibility index (Phi) is 3.28. The Hall–Kier alpha value is -1.77. The third kappa shape index (κ3) is 2.37. The number of rotatable bonds is 3. The van der Waals surface area contributed by atoms with Gasteiger partial charge < -0.3 is 10.3 Å². The van der Waals surface area contributed by atoms with Gasteiger partial charge in [0.05, 0.1) is 0 Å². The number of benzene rings is 1. The van der Waals surface area contributed by atoms with Crippen molar-refractivity contribution in [2.24, 2.45) is 11.7 Å². The molecular formula is C16H20N2O. The number of hydrogen-bond donors (Lipinski definition) is 1. The summed E-state index contributed by atoms with van der Waals surface area (Å²) in [4.78, 5) is 11.6. The molecule has 1 aliphatic rings. The molecule has 0 bridgehead atoms. The van der Waals surface area contributed by atoms with Crippen molar-refractivity contribution < 1.29 is 4.79 Å². The predicted octanol–water partition coefficient (Wildman–Crippen LogP) is 3.32. The fourth-order valence-corrected chi connectivity index (χ4v) is 3.24. The van der Waals surface area contributed by atoms with Gasteiger partial charge in [-0.1, -0.05) is 37.5 Å². The number of carbonyl (C=O) groups excluding carboxylic acids is 1. The first-order chi connectivity index (χ1) is 9.25. The van der Waals surface area contributed by atoms with Gasteiger partial charge in [0.25, 0.3) is 5.91 Å². The highest BCUT2D eigenvalue weighted by Crippen LogP contribution is 2.28. The van der Waals surface area contributed by atoms with Gasteiger partial charge in [0.1, 0.15) is 5.69 Å². The average molecular weight is 256 g/mol. The monoisotopic (exact) mass is 256 g/mol.